The molecule has 0 aliphatic carbocycles. The molecule has 1 atom stereocenters. The summed E-state index contributed by atoms with van der Waals surface area (Å²) in [7, 11) is 0. The Balaban J connectivity index is 1.58. The van der Waals surface area contributed by atoms with Crippen molar-refractivity contribution in [3.05, 3.63) is 64.5 Å². The normalized spacial score (nSPS) is 17.4. The summed E-state index contributed by atoms with van der Waals surface area (Å²) in [6, 6.07) is 16.7. The highest BCUT2D eigenvalue weighted by atomic mass is 32.1. The minimum absolute atomic E-state index is 0.0615. The molecular formula is C25H29N3O2S. The van der Waals surface area contributed by atoms with Gasteiger partial charge in [0.25, 0.3) is 5.91 Å². The zero-order valence-corrected chi connectivity index (χ0v) is 18.7. The van der Waals surface area contributed by atoms with E-state index in [-0.39, 0.29) is 11.8 Å². The summed E-state index contributed by atoms with van der Waals surface area (Å²) < 4.78 is 1.13. The predicted molar refractivity (Wildman–Crippen MR) is 127 cm³/mol. The highest BCUT2D eigenvalue weighted by Gasteiger charge is 2.25. The molecule has 5 nitrogen and oxygen atoms in total. The van der Waals surface area contributed by atoms with Gasteiger partial charge in [0.1, 0.15) is 0 Å². The molecule has 3 aromatic rings. The fourth-order valence-corrected chi connectivity index (χ4v) is 5.63. The minimum Gasteiger partial charge on any atom is -0.365 e. The Bertz CT molecular complexity index is 1070. The first-order valence-electron chi connectivity index (χ1n) is 10.9. The number of hydrogen-bond acceptors (Lipinski definition) is 4. The first-order valence-corrected chi connectivity index (χ1v) is 11.7. The third-order valence-electron chi connectivity index (χ3n) is 6.02. The quantitative estimate of drug-likeness (QED) is 0.575. The molecule has 2 amide bonds. The van der Waals surface area contributed by atoms with Gasteiger partial charge in [0, 0.05) is 29.9 Å². The summed E-state index contributed by atoms with van der Waals surface area (Å²) in [6.07, 6.45) is 5.59. The largest absolute Gasteiger partial charge is 0.365 e. The lowest BCUT2D eigenvalue weighted by molar-refractivity contribution is -0.114. The van der Waals surface area contributed by atoms with Crippen LogP contribution in [0, 0.1) is 0 Å². The van der Waals surface area contributed by atoms with E-state index < -0.39 is 0 Å². The summed E-state index contributed by atoms with van der Waals surface area (Å²) in [5, 5.41) is 3.98. The van der Waals surface area contributed by atoms with Crippen LogP contribution in [0.5, 0.6) is 0 Å². The molecule has 31 heavy (non-hydrogen) atoms. The van der Waals surface area contributed by atoms with Gasteiger partial charge in [0.05, 0.1) is 4.88 Å². The van der Waals surface area contributed by atoms with E-state index in [1.54, 1.807) is 0 Å². The van der Waals surface area contributed by atoms with Gasteiger partial charge < -0.3 is 11.1 Å². The number of carbonyl (C=O) groups excluding carboxylic acids is 2. The average Bonchev–Trinajstić information content (AvgIpc) is 2.97. The number of amides is 2. The van der Waals surface area contributed by atoms with Crippen LogP contribution in [0.15, 0.2) is 48.5 Å². The van der Waals surface area contributed by atoms with Crippen molar-refractivity contribution in [2.24, 2.45) is 5.73 Å². The van der Waals surface area contributed by atoms with Gasteiger partial charge in [-0.2, -0.15) is 0 Å². The first-order chi connectivity index (χ1) is 15.0. The Labute approximate surface area is 187 Å². The van der Waals surface area contributed by atoms with Crippen LogP contribution in [0.2, 0.25) is 0 Å². The number of nitrogens with zero attached hydrogens (tertiary/aromatic N) is 1. The van der Waals surface area contributed by atoms with E-state index in [4.69, 9.17) is 5.73 Å². The standard InChI is InChI=1S/C25H29N3O2S/c1-17(29)27-19-12-10-18(11-13-19)16-28-14-6-2-3-7-20(28)15-22-21-8-4-5-9-23(21)31-24(22)25(26)30/h4-5,8-13,20H,2-3,6-7,14-16H2,1H3,(H2,26,30)(H,27,29)/t20-/m0/s1. The fourth-order valence-electron chi connectivity index (χ4n) is 4.54. The van der Waals surface area contributed by atoms with E-state index in [1.165, 1.54) is 43.1 Å². The van der Waals surface area contributed by atoms with Crippen molar-refractivity contribution in [2.45, 2.75) is 51.6 Å². The van der Waals surface area contributed by atoms with Crippen molar-refractivity contribution in [1.29, 1.82) is 0 Å². The lowest BCUT2D eigenvalue weighted by Gasteiger charge is -2.30. The molecule has 0 saturated carbocycles. The number of hydrogen-bond donors (Lipinski definition) is 2. The number of primary amides is 1. The zero-order chi connectivity index (χ0) is 21.8. The molecule has 162 valence electrons. The Hall–Kier alpha value is -2.70. The molecule has 2 heterocycles. The number of nitrogens with two attached hydrogens (primary N) is 1. The molecule has 0 radical (unpaired) electrons. The highest BCUT2D eigenvalue weighted by Crippen LogP contribution is 2.34. The van der Waals surface area contributed by atoms with Crippen molar-refractivity contribution in [2.75, 3.05) is 11.9 Å². The fraction of sp³-hybridized carbons (Fsp3) is 0.360. The molecule has 2 aromatic carbocycles. The maximum Gasteiger partial charge on any atom is 0.259 e. The van der Waals surface area contributed by atoms with Gasteiger partial charge >= 0.3 is 0 Å². The lowest BCUT2D eigenvalue weighted by atomic mass is 9.97. The van der Waals surface area contributed by atoms with E-state index in [9.17, 15) is 9.59 Å². The molecular weight excluding hydrogens is 406 g/mol. The number of fused-ring (bicyclic) bond motifs is 1. The van der Waals surface area contributed by atoms with Crippen molar-refractivity contribution in [3.63, 3.8) is 0 Å². The van der Waals surface area contributed by atoms with E-state index in [1.807, 2.05) is 24.3 Å². The molecule has 1 aromatic heterocycles. The summed E-state index contributed by atoms with van der Waals surface area (Å²) in [5.41, 5.74) is 8.90. The molecule has 0 bridgehead atoms. The van der Waals surface area contributed by atoms with E-state index in [2.05, 4.69) is 34.5 Å². The molecule has 1 aliphatic heterocycles. The van der Waals surface area contributed by atoms with Crippen molar-refractivity contribution >= 4 is 38.9 Å². The average molecular weight is 436 g/mol. The maximum absolute atomic E-state index is 12.2. The number of benzene rings is 2. The molecule has 0 spiro atoms. The second kappa shape index (κ2) is 9.62. The molecule has 4 rings (SSSR count). The molecule has 1 aliphatic rings. The Morgan fingerprint density at radius 2 is 1.87 bits per heavy atom. The number of nitrogens with one attached hydrogen (secondary N) is 1. The highest BCUT2D eigenvalue weighted by molar-refractivity contribution is 7.21. The Morgan fingerprint density at radius 3 is 2.61 bits per heavy atom. The van der Waals surface area contributed by atoms with Gasteiger partial charge in [0.15, 0.2) is 0 Å². The van der Waals surface area contributed by atoms with Gasteiger partial charge in [-0.1, -0.05) is 43.2 Å². The van der Waals surface area contributed by atoms with Crippen LogP contribution in [0.25, 0.3) is 10.1 Å². The number of carbonyl (C=O) groups is 2. The van der Waals surface area contributed by atoms with Crippen LogP contribution >= 0.6 is 11.3 Å². The summed E-state index contributed by atoms with van der Waals surface area (Å²) in [4.78, 5) is 26.7. The number of rotatable bonds is 6. The number of likely N-dealkylation sites (tertiary alicyclic amines) is 1. The van der Waals surface area contributed by atoms with Crippen LogP contribution in [-0.4, -0.2) is 29.3 Å². The molecule has 1 fully saturated rings. The van der Waals surface area contributed by atoms with Crippen LogP contribution in [-0.2, 0) is 17.8 Å². The van der Waals surface area contributed by atoms with Crippen LogP contribution in [0.3, 0.4) is 0 Å². The third kappa shape index (κ3) is 5.14. The van der Waals surface area contributed by atoms with Crippen LogP contribution in [0.4, 0.5) is 5.69 Å². The summed E-state index contributed by atoms with van der Waals surface area (Å²) >= 11 is 1.51. The summed E-state index contributed by atoms with van der Waals surface area (Å²) in [6.45, 7) is 3.43. The maximum atomic E-state index is 12.2. The first kappa shape index (κ1) is 21.5. The van der Waals surface area contributed by atoms with Crippen molar-refractivity contribution in [3.8, 4) is 0 Å². The molecule has 0 unspecified atom stereocenters. The molecule has 1 saturated heterocycles. The zero-order valence-electron chi connectivity index (χ0n) is 17.9. The number of anilines is 1. The third-order valence-corrected chi connectivity index (χ3v) is 7.25. The van der Waals surface area contributed by atoms with Gasteiger partial charge in [-0.25, -0.2) is 0 Å². The van der Waals surface area contributed by atoms with E-state index in [0.717, 1.165) is 47.3 Å². The Morgan fingerprint density at radius 1 is 1.10 bits per heavy atom. The van der Waals surface area contributed by atoms with Gasteiger partial charge in [-0.15, -0.1) is 11.3 Å². The second-order valence-electron chi connectivity index (χ2n) is 8.33. The molecule has 3 N–H and O–H groups in total. The summed E-state index contributed by atoms with van der Waals surface area (Å²) in [5.74, 6) is -0.390. The van der Waals surface area contributed by atoms with Gasteiger partial charge in [0.2, 0.25) is 5.91 Å². The van der Waals surface area contributed by atoms with Gasteiger partial charge in [-0.3, -0.25) is 14.5 Å². The van der Waals surface area contributed by atoms with Crippen LogP contribution in [0.1, 0.15) is 53.4 Å². The minimum atomic E-state index is -0.329. The van der Waals surface area contributed by atoms with E-state index >= 15 is 0 Å². The topological polar surface area (TPSA) is 75.4 Å². The van der Waals surface area contributed by atoms with Crippen LogP contribution < -0.4 is 11.1 Å². The molecule has 6 heteroatoms. The van der Waals surface area contributed by atoms with E-state index in [0.29, 0.717) is 10.9 Å². The van der Waals surface area contributed by atoms with Gasteiger partial charge in [-0.05, 0) is 60.5 Å². The van der Waals surface area contributed by atoms with Crippen molar-refractivity contribution < 1.29 is 9.59 Å². The lowest BCUT2D eigenvalue weighted by Crippen LogP contribution is -2.36. The monoisotopic (exact) mass is 435 g/mol. The second-order valence-corrected chi connectivity index (χ2v) is 9.38. The SMILES string of the molecule is CC(=O)Nc1ccc(CN2CCCCC[C@H]2Cc2c(C(N)=O)sc3ccccc23)cc1. The smallest absolute Gasteiger partial charge is 0.259 e. The number of thiophene rings is 1. The Kier molecular flexibility index (Phi) is 6.68. The predicted octanol–water partition coefficient (Wildman–Crippen LogP) is 4.95. The van der Waals surface area contributed by atoms with Crippen molar-refractivity contribution in [1.82, 2.24) is 4.90 Å².